The van der Waals surface area contributed by atoms with E-state index in [0.717, 1.165) is 41.8 Å². The second-order valence-electron chi connectivity index (χ2n) is 9.88. The lowest BCUT2D eigenvalue weighted by Gasteiger charge is -2.17. The number of nitrogens with one attached hydrogen (secondary N) is 1. The smallest absolute Gasteiger partial charge is 0.420 e. The number of ether oxygens (including phenoxy) is 1. The number of carbonyl (C=O) groups is 1. The van der Waals surface area contributed by atoms with Gasteiger partial charge >= 0.3 is 6.18 Å². The molecule has 8 heteroatoms. The molecule has 0 saturated carbocycles. The summed E-state index contributed by atoms with van der Waals surface area (Å²) < 4.78 is 47.0. The molecule has 2 aromatic carbocycles. The number of nitrogens with zero attached hydrogens (tertiary/aromatic N) is 2. The van der Waals surface area contributed by atoms with Crippen LogP contribution in [0.3, 0.4) is 0 Å². The Hall–Kier alpha value is -4.38. The van der Waals surface area contributed by atoms with Gasteiger partial charge in [0.2, 0.25) is 0 Å². The lowest BCUT2D eigenvalue weighted by atomic mass is 9.98. The van der Waals surface area contributed by atoms with Gasteiger partial charge in [0.05, 0.1) is 23.3 Å². The van der Waals surface area contributed by atoms with E-state index in [4.69, 9.17) is 4.74 Å². The fourth-order valence-electron chi connectivity index (χ4n) is 4.53. The highest BCUT2D eigenvalue weighted by molar-refractivity contribution is 6.04. The van der Waals surface area contributed by atoms with Crippen molar-refractivity contribution in [3.63, 3.8) is 0 Å². The maximum atomic E-state index is 13.8. The van der Waals surface area contributed by atoms with Crippen molar-refractivity contribution < 1.29 is 22.7 Å². The number of rotatable bonds is 9. The molecule has 0 atom stereocenters. The zero-order valence-electron chi connectivity index (χ0n) is 23.3. The highest BCUT2D eigenvalue weighted by Gasteiger charge is 2.35. The third kappa shape index (κ3) is 7.63. The molecule has 0 radical (unpaired) electrons. The molecular formula is C33H32F3N3O2. The molecule has 2 aromatic heterocycles. The second-order valence-corrected chi connectivity index (χ2v) is 9.88. The van der Waals surface area contributed by atoms with Crippen LogP contribution in [0.4, 0.5) is 18.9 Å². The average molecular weight is 560 g/mol. The Morgan fingerprint density at radius 3 is 2.56 bits per heavy atom. The largest absolute Gasteiger partial charge is 0.493 e. The van der Waals surface area contributed by atoms with Crippen molar-refractivity contribution in [2.75, 3.05) is 11.9 Å². The highest BCUT2D eigenvalue weighted by Crippen LogP contribution is 2.38. The number of halogens is 3. The molecular weight excluding hydrogens is 527 g/mol. The predicted octanol–water partition coefficient (Wildman–Crippen LogP) is 8.20. The van der Waals surface area contributed by atoms with Crippen LogP contribution in [0.25, 0.3) is 10.9 Å². The Morgan fingerprint density at radius 1 is 1.02 bits per heavy atom. The molecule has 41 heavy (non-hydrogen) atoms. The molecule has 0 saturated heterocycles. The third-order valence-corrected chi connectivity index (χ3v) is 7.05. The summed E-state index contributed by atoms with van der Waals surface area (Å²) in [6.45, 7) is 6.28. The van der Waals surface area contributed by atoms with E-state index in [9.17, 15) is 18.0 Å². The number of pyridine rings is 2. The first-order valence-electron chi connectivity index (χ1n) is 13.7. The summed E-state index contributed by atoms with van der Waals surface area (Å²) in [5, 5.41) is 3.44. The summed E-state index contributed by atoms with van der Waals surface area (Å²) in [6.07, 6.45) is 4.04. The van der Waals surface area contributed by atoms with E-state index in [0.29, 0.717) is 23.5 Å². The zero-order valence-corrected chi connectivity index (χ0v) is 23.3. The van der Waals surface area contributed by atoms with Gasteiger partial charge in [0.15, 0.2) is 0 Å². The summed E-state index contributed by atoms with van der Waals surface area (Å²) in [7, 11) is 0. The molecule has 4 rings (SSSR count). The fourth-order valence-corrected chi connectivity index (χ4v) is 4.53. The topological polar surface area (TPSA) is 64.1 Å². The maximum absolute atomic E-state index is 13.8. The van der Waals surface area contributed by atoms with Crippen molar-refractivity contribution in [1.29, 1.82) is 0 Å². The van der Waals surface area contributed by atoms with Crippen LogP contribution in [0, 0.1) is 24.7 Å². The van der Waals surface area contributed by atoms with Crippen LogP contribution in [-0.4, -0.2) is 22.5 Å². The molecule has 0 aliphatic carbocycles. The van der Waals surface area contributed by atoms with Gasteiger partial charge in [-0.1, -0.05) is 44.6 Å². The van der Waals surface area contributed by atoms with Crippen LogP contribution >= 0.6 is 0 Å². The van der Waals surface area contributed by atoms with Gasteiger partial charge in [-0.3, -0.25) is 14.8 Å². The number of fused-ring (bicyclic) bond motifs is 1. The Balaban J connectivity index is 1.50. The molecule has 4 aromatic rings. The third-order valence-electron chi connectivity index (χ3n) is 7.05. The number of hydrogen-bond donors (Lipinski definition) is 1. The van der Waals surface area contributed by atoms with Crippen molar-refractivity contribution in [2.24, 2.45) is 5.92 Å². The Bertz CT molecular complexity index is 1580. The first-order valence-corrected chi connectivity index (χ1v) is 13.7. The highest BCUT2D eigenvalue weighted by atomic mass is 19.4. The lowest BCUT2D eigenvalue weighted by Crippen LogP contribution is -2.15. The minimum atomic E-state index is -4.64. The van der Waals surface area contributed by atoms with Gasteiger partial charge in [-0.05, 0) is 73.7 Å². The monoisotopic (exact) mass is 559 g/mol. The SMILES string of the molecule is CCC(CC)CCCOc1ccc(NC(=O)c2ccc(C)c(C#Cc3cncc4cccnc34)c2)cc1C(F)(F)F. The molecule has 0 spiro atoms. The van der Waals surface area contributed by atoms with Gasteiger partial charge in [-0.15, -0.1) is 0 Å². The Labute approximate surface area is 238 Å². The minimum absolute atomic E-state index is 0.0211. The minimum Gasteiger partial charge on any atom is -0.493 e. The summed E-state index contributed by atoms with van der Waals surface area (Å²) in [5.74, 6) is 5.91. The van der Waals surface area contributed by atoms with Crippen LogP contribution < -0.4 is 10.1 Å². The lowest BCUT2D eigenvalue weighted by molar-refractivity contribution is -0.138. The van der Waals surface area contributed by atoms with Crippen LogP contribution in [-0.2, 0) is 6.18 Å². The molecule has 0 unspecified atom stereocenters. The molecule has 0 aliphatic rings. The van der Waals surface area contributed by atoms with Crippen LogP contribution in [0.5, 0.6) is 5.75 Å². The van der Waals surface area contributed by atoms with Crippen molar-refractivity contribution >= 4 is 22.5 Å². The number of aromatic nitrogens is 2. The van der Waals surface area contributed by atoms with E-state index in [-0.39, 0.29) is 23.6 Å². The predicted molar refractivity (Wildman–Crippen MR) is 155 cm³/mol. The molecule has 0 bridgehead atoms. The van der Waals surface area contributed by atoms with Gasteiger partial charge in [0, 0.05) is 40.8 Å². The van der Waals surface area contributed by atoms with E-state index >= 15 is 0 Å². The molecule has 0 fully saturated rings. The molecule has 1 amide bonds. The quantitative estimate of drug-likeness (QED) is 0.166. The van der Waals surface area contributed by atoms with Gasteiger partial charge < -0.3 is 10.1 Å². The van der Waals surface area contributed by atoms with Crippen LogP contribution in [0.15, 0.2) is 67.1 Å². The summed E-state index contributed by atoms with van der Waals surface area (Å²) in [6, 6.07) is 12.3. The van der Waals surface area contributed by atoms with E-state index in [1.807, 2.05) is 19.1 Å². The molecule has 2 heterocycles. The number of aryl methyl sites for hydroxylation is 1. The zero-order chi connectivity index (χ0) is 29.4. The molecule has 5 nitrogen and oxygen atoms in total. The Morgan fingerprint density at radius 2 is 1.80 bits per heavy atom. The normalized spacial score (nSPS) is 11.3. The fraction of sp³-hybridized carbons (Fsp3) is 0.303. The van der Waals surface area contributed by atoms with E-state index in [2.05, 4.69) is 41.0 Å². The van der Waals surface area contributed by atoms with Crippen LogP contribution in [0.1, 0.15) is 72.1 Å². The molecule has 1 N–H and O–H groups in total. The number of alkyl halides is 3. The molecule has 0 aliphatic heterocycles. The van der Waals surface area contributed by atoms with E-state index in [1.165, 1.54) is 12.1 Å². The van der Waals surface area contributed by atoms with Crippen molar-refractivity contribution in [3.05, 3.63) is 94.9 Å². The van der Waals surface area contributed by atoms with Gasteiger partial charge in [-0.2, -0.15) is 13.2 Å². The van der Waals surface area contributed by atoms with Crippen molar-refractivity contribution in [3.8, 4) is 17.6 Å². The number of carbonyl (C=O) groups excluding carboxylic acids is 1. The maximum Gasteiger partial charge on any atom is 0.420 e. The number of benzene rings is 2. The van der Waals surface area contributed by atoms with Gasteiger partial charge in [0.25, 0.3) is 5.91 Å². The summed E-state index contributed by atoms with van der Waals surface area (Å²) in [4.78, 5) is 21.6. The number of hydrogen-bond acceptors (Lipinski definition) is 4. The Kier molecular flexibility index (Phi) is 9.61. The first kappa shape index (κ1) is 29.6. The summed E-state index contributed by atoms with van der Waals surface area (Å²) >= 11 is 0. The second kappa shape index (κ2) is 13.3. The van der Waals surface area contributed by atoms with Crippen LogP contribution in [0.2, 0.25) is 0 Å². The van der Waals surface area contributed by atoms with E-state index < -0.39 is 17.6 Å². The van der Waals surface area contributed by atoms with Gasteiger partial charge in [0.1, 0.15) is 5.75 Å². The summed E-state index contributed by atoms with van der Waals surface area (Å²) in [5.41, 5.74) is 2.19. The average Bonchev–Trinajstić information content (AvgIpc) is 2.96. The van der Waals surface area contributed by atoms with Gasteiger partial charge in [-0.25, -0.2) is 0 Å². The molecule has 212 valence electrons. The standard InChI is InChI=1S/C33H32F3N3O2/c1-4-23(5-2)8-7-17-41-30-15-14-28(19-29(30)33(34,35)36)39-32(40)25-11-10-22(3)24(18-25)12-13-27-21-37-20-26-9-6-16-38-31(26)27/h6,9-11,14-16,18-21,23H,4-5,7-8,17H2,1-3H3,(H,39,40). The number of amides is 1. The first-order chi connectivity index (χ1) is 19.7. The van der Waals surface area contributed by atoms with Crippen molar-refractivity contribution in [1.82, 2.24) is 9.97 Å². The van der Waals surface area contributed by atoms with E-state index in [1.54, 1.807) is 36.8 Å². The number of anilines is 1. The van der Waals surface area contributed by atoms with Crippen molar-refractivity contribution in [2.45, 2.75) is 52.6 Å².